The Kier molecular flexibility index (Phi) is 4.89. The van der Waals surface area contributed by atoms with Crippen molar-refractivity contribution in [2.24, 2.45) is 11.7 Å². The topological polar surface area (TPSA) is 87.2 Å². The second-order valence-corrected chi connectivity index (χ2v) is 7.65. The summed E-state index contributed by atoms with van der Waals surface area (Å²) in [7, 11) is -3.75. The highest BCUT2D eigenvalue weighted by atomic mass is 35.5. The molecule has 1 aromatic rings. The Hall–Kier alpha value is -1.13. The molecule has 2 rings (SSSR count). The smallest absolute Gasteiger partial charge is 0.244 e. The second kappa shape index (κ2) is 6.32. The van der Waals surface area contributed by atoms with Crippen LogP contribution in [-0.4, -0.2) is 31.9 Å². The first-order valence-electron chi connectivity index (χ1n) is 6.81. The van der Waals surface area contributed by atoms with Gasteiger partial charge in [0, 0.05) is 17.6 Å². The highest BCUT2D eigenvalue weighted by molar-refractivity contribution is 7.89. The zero-order chi connectivity index (χ0) is 15.6. The van der Waals surface area contributed by atoms with E-state index in [1.165, 1.54) is 22.5 Å². The van der Waals surface area contributed by atoms with Crippen LogP contribution >= 0.6 is 11.6 Å². The molecule has 0 spiro atoms. The number of piperidine rings is 1. The molecule has 1 aliphatic heterocycles. The van der Waals surface area contributed by atoms with E-state index in [1.807, 2.05) is 13.0 Å². The van der Waals surface area contributed by atoms with E-state index in [-0.39, 0.29) is 22.4 Å². The predicted molar refractivity (Wildman–Crippen MR) is 81.3 cm³/mol. The van der Waals surface area contributed by atoms with Crippen molar-refractivity contribution in [3.05, 3.63) is 28.8 Å². The number of nitrogens with two attached hydrogens (primary N) is 1. The van der Waals surface area contributed by atoms with Crippen LogP contribution in [0.3, 0.4) is 0 Å². The van der Waals surface area contributed by atoms with Gasteiger partial charge in [-0.15, -0.1) is 0 Å². The van der Waals surface area contributed by atoms with Crippen molar-refractivity contribution in [2.45, 2.75) is 30.7 Å². The van der Waals surface area contributed by atoms with Crippen molar-refractivity contribution in [2.75, 3.05) is 13.1 Å². The summed E-state index contributed by atoms with van der Waals surface area (Å²) in [6, 6.07) is 6.10. The number of nitriles is 1. The zero-order valence-corrected chi connectivity index (χ0v) is 13.4. The molecule has 2 unspecified atom stereocenters. The fourth-order valence-electron chi connectivity index (χ4n) is 2.60. The highest BCUT2D eigenvalue weighted by Crippen LogP contribution is 2.30. The normalized spacial score (nSPS) is 23.7. The lowest BCUT2D eigenvalue weighted by molar-refractivity contribution is 0.211. The summed E-state index contributed by atoms with van der Waals surface area (Å²) in [5.41, 5.74) is 5.79. The van der Waals surface area contributed by atoms with Crippen LogP contribution in [0.15, 0.2) is 23.1 Å². The minimum atomic E-state index is -3.75. The van der Waals surface area contributed by atoms with Gasteiger partial charge in [-0.25, -0.2) is 8.42 Å². The SMILES string of the molecule is CC1CCC(CN)CN1S(=O)(=O)c1cc(Cl)ccc1C#N. The molecule has 1 aromatic carbocycles. The molecule has 0 bridgehead atoms. The largest absolute Gasteiger partial charge is 0.330 e. The average molecular weight is 328 g/mol. The molecule has 1 aliphatic rings. The van der Waals surface area contributed by atoms with E-state index in [0.717, 1.165) is 12.8 Å². The molecule has 0 saturated carbocycles. The zero-order valence-electron chi connectivity index (χ0n) is 11.8. The summed E-state index contributed by atoms with van der Waals surface area (Å²) in [4.78, 5) is -0.0259. The molecular formula is C14H18ClN3O2S. The first-order chi connectivity index (χ1) is 9.90. The summed E-state index contributed by atoms with van der Waals surface area (Å²) in [6.07, 6.45) is 1.69. The van der Waals surface area contributed by atoms with Gasteiger partial charge in [0.1, 0.15) is 11.0 Å². The van der Waals surface area contributed by atoms with Crippen molar-refractivity contribution in [3.63, 3.8) is 0 Å². The Labute approximate surface area is 130 Å². The maximum Gasteiger partial charge on any atom is 0.244 e. The molecule has 0 amide bonds. The van der Waals surface area contributed by atoms with Gasteiger partial charge in [-0.2, -0.15) is 9.57 Å². The third-order valence-corrected chi connectivity index (χ3v) is 6.16. The molecule has 114 valence electrons. The lowest BCUT2D eigenvalue weighted by Gasteiger charge is -2.36. The average Bonchev–Trinajstić information content (AvgIpc) is 2.47. The molecule has 2 N–H and O–H groups in total. The Bertz CT molecular complexity index is 669. The first-order valence-corrected chi connectivity index (χ1v) is 8.63. The van der Waals surface area contributed by atoms with Gasteiger partial charge >= 0.3 is 0 Å². The molecule has 7 heteroatoms. The summed E-state index contributed by atoms with van der Waals surface area (Å²) in [5.74, 6) is 0.153. The van der Waals surface area contributed by atoms with Crippen LogP contribution in [0, 0.1) is 17.2 Å². The van der Waals surface area contributed by atoms with E-state index >= 15 is 0 Å². The minimum Gasteiger partial charge on any atom is -0.330 e. The highest BCUT2D eigenvalue weighted by Gasteiger charge is 2.35. The van der Waals surface area contributed by atoms with Gasteiger partial charge in [0.05, 0.1) is 5.56 Å². The molecule has 1 saturated heterocycles. The third-order valence-electron chi connectivity index (χ3n) is 3.91. The fourth-order valence-corrected chi connectivity index (χ4v) is 4.75. The van der Waals surface area contributed by atoms with Crippen LogP contribution in [0.1, 0.15) is 25.3 Å². The van der Waals surface area contributed by atoms with Crippen LogP contribution in [0.2, 0.25) is 5.02 Å². The van der Waals surface area contributed by atoms with Crippen molar-refractivity contribution >= 4 is 21.6 Å². The minimum absolute atomic E-state index is 0.0259. The van der Waals surface area contributed by atoms with Gasteiger partial charge in [-0.3, -0.25) is 0 Å². The molecule has 1 fully saturated rings. The lowest BCUT2D eigenvalue weighted by Crippen LogP contribution is -2.47. The van der Waals surface area contributed by atoms with E-state index in [1.54, 1.807) is 0 Å². The number of halogens is 1. The molecule has 1 heterocycles. The van der Waals surface area contributed by atoms with Gasteiger partial charge < -0.3 is 5.73 Å². The number of rotatable bonds is 3. The maximum absolute atomic E-state index is 12.9. The van der Waals surface area contributed by atoms with Crippen LogP contribution in [0.4, 0.5) is 0 Å². The Morgan fingerprint density at radius 3 is 2.81 bits per heavy atom. The van der Waals surface area contributed by atoms with Gasteiger partial charge in [-0.05, 0) is 50.4 Å². The van der Waals surface area contributed by atoms with Crippen LogP contribution in [0.5, 0.6) is 0 Å². The molecule has 2 atom stereocenters. The standard InChI is InChI=1S/C14H18ClN3O2S/c1-10-2-3-11(7-16)9-18(10)21(19,20)14-6-13(15)5-4-12(14)8-17/h4-6,10-11H,2-3,7,9,16H2,1H3. The Balaban J connectivity index is 2.46. The second-order valence-electron chi connectivity index (χ2n) is 5.36. The summed E-state index contributed by atoms with van der Waals surface area (Å²) in [5, 5.41) is 9.44. The summed E-state index contributed by atoms with van der Waals surface area (Å²) < 4.78 is 27.2. The van der Waals surface area contributed by atoms with Gasteiger partial charge in [0.15, 0.2) is 0 Å². The Morgan fingerprint density at radius 1 is 1.48 bits per heavy atom. The van der Waals surface area contributed by atoms with Crippen molar-refractivity contribution in [3.8, 4) is 6.07 Å². The Morgan fingerprint density at radius 2 is 2.19 bits per heavy atom. The molecule has 0 radical (unpaired) electrons. The quantitative estimate of drug-likeness (QED) is 0.919. The van der Waals surface area contributed by atoms with Gasteiger partial charge in [-0.1, -0.05) is 11.6 Å². The van der Waals surface area contributed by atoms with Gasteiger partial charge in [0.25, 0.3) is 0 Å². The molecule has 0 aliphatic carbocycles. The summed E-state index contributed by atoms with van der Waals surface area (Å²) >= 11 is 5.90. The van der Waals surface area contributed by atoms with E-state index < -0.39 is 10.0 Å². The van der Waals surface area contributed by atoms with Crippen LogP contribution in [-0.2, 0) is 10.0 Å². The number of hydrogen-bond donors (Lipinski definition) is 1. The number of nitrogens with zero attached hydrogens (tertiary/aromatic N) is 2. The monoisotopic (exact) mass is 327 g/mol. The third kappa shape index (κ3) is 3.22. The molecule has 5 nitrogen and oxygen atoms in total. The van der Waals surface area contributed by atoms with E-state index in [2.05, 4.69) is 0 Å². The number of benzene rings is 1. The lowest BCUT2D eigenvalue weighted by atomic mass is 9.96. The van der Waals surface area contributed by atoms with Gasteiger partial charge in [0.2, 0.25) is 10.0 Å². The van der Waals surface area contributed by atoms with Crippen molar-refractivity contribution < 1.29 is 8.42 Å². The molecule has 0 aromatic heterocycles. The molecule has 21 heavy (non-hydrogen) atoms. The van der Waals surface area contributed by atoms with Crippen molar-refractivity contribution in [1.29, 1.82) is 5.26 Å². The summed E-state index contributed by atoms with van der Waals surface area (Å²) in [6.45, 7) is 2.72. The number of hydrogen-bond acceptors (Lipinski definition) is 4. The maximum atomic E-state index is 12.9. The number of sulfonamides is 1. The van der Waals surface area contributed by atoms with Crippen LogP contribution < -0.4 is 5.73 Å². The van der Waals surface area contributed by atoms with E-state index in [0.29, 0.717) is 18.1 Å². The van der Waals surface area contributed by atoms with Crippen molar-refractivity contribution in [1.82, 2.24) is 4.31 Å². The molecular weight excluding hydrogens is 310 g/mol. The van der Waals surface area contributed by atoms with E-state index in [9.17, 15) is 8.42 Å². The first kappa shape index (κ1) is 16.2. The fraction of sp³-hybridized carbons (Fsp3) is 0.500. The van der Waals surface area contributed by atoms with Crippen LogP contribution in [0.25, 0.3) is 0 Å². The predicted octanol–water partition coefficient (Wildman–Crippen LogP) is 1.96. The van der Waals surface area contributed by atoms with E-state index in [4.69, 9.17) is 22.6 Å².